The standard InChI is InChI=1S/C21H27N5O6/c1-12(13-5-3-2-4-6-13)31-20(29)30-9-15-17(27)18(28)21(10-22,32-15)16-8-7-14-19(23)24-11-25-26(14)16/h7-8,11-13,15,17-18,27-28H,2-6,9H2,1H3,(H2,23,24,25)/t12-,15+,17+,18+,21-/m0/s1. The maximum absolute atomic E-state index is 12.2. The molecule has 0 amide bonds. The molecule has 11 heteroatoms. The molecule has 172 valence electrons. The minimum atomic E-state index is -1.94. The van der Waals surface area contributed by atoms with E-state index < -0.39 is 36.7 Å². The minimum absolute atomic E-state index is 0.173. The number of carbonyl (C=O) groups is 1. The number of hydrogen-bond acceptors (Lipinski definition) is 10. The number of ether oxygens (including phenoxy) is 3. The summed E-state index contributed by atoms with van der Waals surface area (Å²) in [6.07, 6.45) is 1.26. The van der Waals surface area contributed by atoms with Crippen molar-refractivity contribution in [2.24, 2.45) is 5.92 Å². The Morgan fingerprint density at radius 1 is 1.41 bits per heavy atom. The third kappa shape index (κ3) is 3.85. The van der Waals surface area contributed by atoms with Gasteiger partial charge in [0, 0.05) is 0 Å². The lowest BCUT2D eigenvalue weighted by Gasteiger charge is -2.27. The molecule has 2 aromatic heterocycles. The molecule has 32 heavy (non-hydrogen) atoms. The summed E-state index contributed by atoms with van der Waals surface area (Å²) in [7, 11) is 0. The number of nitriles is 1. The van der Waals surface area contributed by atoms with Crippen molar-refractivity contribution in [3.63, 3.8) is 0 Å². The van der Waals surface area contributed by atoms with Gasteiger partial charge in [-0.15, -0.1) is 0 Å². The van der Waals surface area contributed by atoms with Crippen LogP contribution in [0.5, 0.6) is 0 Å². The van der Waals surface area contributed by atoms with Gasteiger partial charge in [-0.25, -0.2) is 14.3 Å². The largest absolute Gasteiger partial charge is 0.508 e. The van der Waals surface area contributed by atoms with Gasteiger partial charge < -0.3 is 30.2 Å². The fourth-order valence-corrected chi connectivity index (χ4v) is 4.59. The summed E-state index contributed by atoms with van der Waals surface area (Å²) in [6.45, 7) is 1.45. The molecule has 1 saturated carbocycles. The van der Waals surface area contributed by atoms with Crippen molar-refractivity contribution in [1.29, 1.82) is 5.26 Å². The second-order valence-corrected chi connectivity index (χ2v) is 8.38. The number of nitrogens with two attached hydrogens (primary N) is 1. The van der Waals surface area contributed by atoms with Crippen molar-refractivity contribution in [3.05, 3.63) is 24.2 Å². The molecule has 1 aliphatic carbocycles. The van der Waals surface area contributed by atoms with Gasteiger partial charge in [0.1, 0.15) is 48.9 Å². The Morgan fingerprint density at radius 3 is 2.88 bits per heavy atom. The summed E-state index contributed by atoms with van der Waals surface area (Å²) in [4.78, 5) is 16.1. The third-order valence-electron chi connectivity index (χ3n) is 6.45. The van der Waals surface area contributed by atoms with E-state index in [1.54, 1.807) is 6.07 Å². The first-order chi connectivity index (χ1) is 15.4. The Morgan fingerprint density at radius 2 is 2.16 bits per heavy atom. The van der Waals surface area contributed by atoms with E-state index in [1.165, 1.54) is 23.3 Å². The molecule has 5 atom stereocenters. The van der Waals surface area contributed by atoms with E-state index >= 15 is 0 Å². The van der Waals surface area contributed by atoms with Crippen LogP contribution < -0.4 is 5.73 Å². The van der Waals surface area contributed by atoms with Gasteiger partial charge in [0.25, 0.3) is 0 Å². The molecule has 0 bridgehead atoms. The molecule has 3 heterocycles. The van der Waals surface area contributed by atoms with E-state index in [0.717, 1.165) is 25.7 Å². The molecule has 2 fully saturated rings. The van der Waals surface area contributed by atoms with Crippen molar-refractivity contribution in [3.8, 4) is 6.07 Å². The van der Waals surface area contributed by atoms with Gasteiger partial charge in [0.05, 0.1) is 5.69 Å². The zero-order chi connectivity index (χ0) is 22.9. The lowest BCUT2D eigenvalue weighted by Crippen LogP contribution is -2.41. The second kappa shape index (κ2) is 8.90. The van der Waals surface area contributed by atoms with E-state index in [4.69, 9.17) is 19.9 Å². The fourth-order valence-electron chi connectivity index (χ4n) is 4.59. The van der Waals surface area contributed by atoms with E-state index in [2.05, 4.69) is 10.1 Å². The Balaban J connectivity index is 1.44. The number of aliphatic hydroxyl groups excluding tert-OH is 2. The normalized spacial score (nSPS) is 29.5. The van der Waals surface area contributed by atoms with Gasteiger partial charge in [0.15, 0.2) is 5.82 Å². The van der Waals surface area contributed by atoms with Crippen LogP contribution in [-0.2, 0) is 19.8 Å². The van der Waals surface area contributed by atoms with Gasteiger partial charge in [-0.3, -0.25) is 0 Å². The van der Waals surface area contributed by atoms with Crippen molar-refractivity contribution in [2.75, 3.05) is 12.3 Å². The number of anilines is 1. The van der Waals surface area contributed by atoms with Crippen molar-refractivity contribution in [2.45, 2.75) is 69.0 Å². The van der Waals surface area contributed by atoms with Crippen molar-refractivity contribution >= 4 is 17.5 Å². The first kappa shape index (κ1) is 22.3. The number of nitrogen functional groups attached to an aromatic ring is 1. The highest BCUT2D eigenvalue weighted by atomic mass is 16.7. The molecule has 0 unspecified atom stereocenters. The van der Waals surface area contributed by atoms with Gasteiger partial charge in [-0.2, -0.15) is 10.4 Å². The molecule has 1 aliphatic heterocycles. The van der Waals surface area contributed by atoms with Crippen LogP contribution in [0.2, 0.25) is 0 Å². The monoisotopic (exact) mass is 445 g/mol. The van der Waals surface area contributed by atoms with Crippen LogP contribution in [0.3, 0.4) is 0 Å². The molecule has 2 aromatic rings. The predicted molar refractivity (Wildman–Crippen MR) is 110 cm³/mol. The molecule has 0 spiro atoms. The van der Waals surface area contributed by atoms with Gasteiger partial charge in [-0.1, -0.05) is 19.3 Å². The Bertz CT molecular complexity index is 1020. The zero-order valence-electron chi connectivity index (χ0n) is 17.8. The summed E-state index contributed by atoms with van der Waals surface area (Å²) in [5, 5.41) is 35.2. The first-order valence-electron chi connectivity index (χ1n) is 10.7. The number of fused-ring (bicyclic) bond motifs is 1. The van der Waals surface area contributed by atoms with E-state index in [1.807, 2.05) is 13.0 Å². The van der Waals surface area contributed by atoms with Crippen LogP contribution >= 0.6 is 0 Å². The summed E-state index contributed by atoms with van der Waals surface area (Å²) in [5.74, 6) is 0.483. The Labute approximate surface area is 184 Å². The van der Waals surface area contributed by atoms with Gasteiger partial charge >= 0.3 is 6.16 Å². The lowest BCUT2D eigenvalue weighted by atomic mass is 9.86. The van der Waals surface area contributed by atoms with Crippen LogP contribution in [0.15, 0.2) is 18.5 Å². The Kier molecular flexibility index (Phi) is 6.19. The average molecular weight is 445 g/mol. The number of aliphatic hydroxyl groups is 2. The highest BCUT2D eigenvalue weighted by Crippen LogP contribution is 2.40. The van der Waals surface area contributed by atoms with Crippen LogP contribution in [-0.4, -0.2) is 62.0 Å². The first-order valence-corrected chi connectivity index (χ1v) is 10.7. The van der Waals surface area contributed by atoms with E-state index in [0.29, 0.717) is 11.4 Å². The quantitative estimate of drug-likeness (QED) is 0.571. The van der Waals surface area contributed by atoms with Crippen LogP contribution in [0.4, 0.5) is 10.6 Å². The summed E-state index contributed by atoms with van der Waals surface area (Å²) < 4.78 is 17.6. The molecule has 0 radical (unpaired) electrons. The average Bonchev–Trinajstić information content (AvgIpc) is 3.34. The summed E-state index contributed by atoms with van der Waals surface area (Å²) >= 11 is 0. The minimum Gasteiger partial charge on any atom is -0.431 e. The second-order valence-electron chi connectivity index (χ2n) is 8.38. The summed E-state index contributed by atoms with van der Waals surface area (Å²) in [6, 6.07) is 5.04. The lowest BCUT2D eigenvalue weighted by molar-refractivity contribution is -0.0766. The molecule has 0 aromatic carbocycles. The SMILES string of the molecule is C[C@H](OC(=O)OC[C@H]1O[C@@](C#N)(c2ccc3c(N)ncnn23)[C@H](O)[C@@H]1O)C1CCCCC1. The highest BCUT2D eigenvalue weighted by molar-refractivity contribution is 5.66. The molecular formula is C21H27N5O6. The fraction of sp³-hybridized carbons (Fsp3) is 0.619. The van der Waals surface area contributed by atoms with Crippen molar-refractivity contribution < 1.29 is 29.2 Å². The zero-order valence-corrected chi connectivity index (χ0v) is 17.8. The predicted octanol–water partition coefficient (Wildman–Crippen LogP) is 1.27. The molecule has 2 aliphatic rings. The molecule has 4 N–H and O–H groups in total. The number of hydrogen-bond donors (Lipinski definition) is 3. The Hall–Kier alpha value is -2.94. The third-order valence-corrected chi connectivity index (χ3v) is 6.45. The maximum atomic E-state index is 12.2. The van der Waals surface area contributed by atoms with Gasteiger partial charge in [-0.05, 0) is 37.8 Å². The summed E-state index contributed by atoms with van der Waals surface area (Å²) in [5.41, 5.74) is 4.48. The van der Waals surface area contributed by atoms with Crippen LogP contribution in [0, 0.1) is 17.2 Å². The molecule has 11 nitrogen and oxygen atoms in total. The molecule has 4 rings (SSSR count). The van der Waals surface area contributed by atoms with Gasteiger partial charge in [0.2, 0.25) is 5.60 Å². The number of rotatable bonds is 5. The number of aromatic nitrogens is 3. The maximum Gasteiger partial charge on any atom is 0.508 e. The van der Waals surface area contributed by atoms with Crippen molar-refractivity contribution in [1.82, 2.24) is 14.6 Å². The smallest absolute Gasteiger partial charge is 0.431 e. The van der Waals surface area contributed by atoms with Crippen LogP contribution in [0.25, 0.3) is 5.52 Å². The molecular weight excluding hydrogens is 418 g/mol. The number of nitrogens with zero attached hydrogens (tertiary/aromatic N) is 4. The van der Waals surface area contributed by atoms with Crippen LogP contribution in [0.1, 0.15) is 44.7 Å². The number of carbonyl (C=O) groups excluding carboxylic acids is 1. The molecule has 1 saturated heterocycles. The topological polar surface area (TPSA) is 165 Å². The van der Waals surface area contributed by atoms with E-state index in [-0.39, 0.29) is 17.6 Å². The van der Waals surface area contributed by atoms with E-state index in [9.17, 15) is 20.3 Å². The highest BCUT2D eigenvalue weighted by Gasteiger charge is 2.57.